The summed E-state index contributed by atoms with van der Waals surface area (Å²) in [5, 5.41) is 14.3. The molecule has 0 aromatic carbocycles. The standard InChI is InChI=1S/C27H31N7O2/c1-5-21(6-2)34-23(14-15-29-34)26(35)31-25(19-10-8-7-9-11-19)27(36)30-20-12-13-22(28-16-20)24-17(3)32-33-18(24)4/h5-6,12-16,19,21H,1-2,7-11H2,3-4H3,(H,30,36)(H,32,33). The van der Waals surface area contributed by atoms with Gasteiger partial charge in [-0.05, 0) is 44.9 Å². The average Bonchev–Trinajstić information content (AvgIpc) is 3.51. The van der Waals surface area contributed by atoms with Crippen molar-refractivity contribution in [3.05, 3.63) is 73.0 Å². The zero-order chi connectivity index (χ0) is 25.7. The Balaban J connectivity index is 1.59. The highest BCUT2D eigenvalue weighted by Crippen LogP contribution is 2.27. The molecular formula is C27H31N7O2. The van der Waals surface area contributed by atoms with Gasteiger partial charge >= 0.3 is 0 Å². The zero-order valence-corrected chi connectivity index (χ0v) is 20.7. The summed E-state index contributed by atoms with van der Waals surface area (Å²) >= 11 is 0. The van der Waals surface area contributed by atoms with Crippen LogP contribution in [0.4, 0.5) is 5.69 Å². The van der Waals surface area contributed by atoms with Gasteiger partial charge in [-0.15, -0.1) is 13.2 Å². The van der Waals surface area contributed by atoms with Gasteiger partial charge in [-0.25, -0.2) is 9.67 Å². The van der Waals surface area contributed by atoms with Crippen molar-refractivity contribution >= 4 is 23.2 Å². The van der Waals surface area contributed by atoms with Crippen LogP contribution < -0.4 is 5.32 Å². The molecule has 36 heavy (non-hydrogen) atoms. The summed E-state index contributed by atoms with van der Waals surface area (Å²) in [6.45, 7) is 11.4. The number of nitrogens with zero attached hydrogens (tertiary/aromatic N) is 5. The number of H-pyrrole nitrogens is 1. The number of aryl methyl sites for hydroxylation is 2. The minimum Gasteiger partial charge on any atom is -0.320 e. The maximum atomic E-state index is 13.4. The third kappa shape index (κ3) is 5.25. The highest BCUT2D eigenvalue weighted by molar-refractivity contribution is 6.45. The van der Waals surface area contributed by atoms with E-state index in [-0.39, 0.29) is 23.4 Å². The summed E-state index contributed by atoms with van der Waals surface area (Å²) in [5.74, 6) is -0.996. The number of pyridine rings is 1. The van der Waals surface area contributed by atoms with Gasteiger partial charge in [0.2, 0.25) is 0 Å². The Kier molecular flexibility index (Phi) is 7.68. The van der Waals surface area contributed by atoms with Gasteiger partial charge in [0.1, 0.15) is 11.4 Å². The molecule has 0 atom stereocenters. The molecule has 1 aliphatic rings. The third-order valence-electron chi connectivity index (χ3n) is 6.51. The van der Waals surface area contributed by atoms with Crippen molar-refractivity contribution in [3.63, 3.8) is 0 Å². The highest BCUT2D eigenvalue weighted by Gasteiger charge is 2.27. The number of hydrogen-bond donors (Lipinski definition) is 2. The Morgan fingerprint density at radius 2 is 1.92 bits per heavy atom. The first kappa shape index (κ1) is 25.0. The SMILES string of the molecule is C=CC(C=C)n1nccc1C(=O)N=C(C(=O)Nc1ccc(-c2c(C)n[nH]c2C)nc1)C1CCCCC1. The topological polar surface area (TPSA) is 118 Å². The van der Waals surface area contributed by atoms with Crippen LogP contribution in [0.25, 0.3) is 11.3 Å². The van der Waals surface area contributed by atoms with Crippen LogP contribution in [0.1, 0.15) is 60.0 Å². The van der Waals surface area contributed by atoms with Crippen molar-refractivity contribution in [2.75, 3.05) is 5.32 Å². The van der Waals surface area contributed by atoms with Gasteiger partial charge in [0.25, 0.3) is 11.8 Å². The lowest BCUT2D eigenvalue weighted by Crippen LogP contribution is -2.32. The number of aliphatic imine (C=N–C) groups is 1. The number of hydrogen-bond acceptors (Lipinski definition) is 5. The number of nitrogens with one attached hydrogen (secondary N) is 2. The zero-order valence-electron chi connectivity index (χ0n) is 20.7. The Labute approximate surface area is 210 Å². The second-order valence-corrected chi connectivity index (χ2v) is 8.96. The number of carbonyl (C=O) groups is 2. The Morgan fingerprint density at radius 3 is 2.53 bits per heavy atom. The normalized spacial score (nSPS) is 14.6. The fourth-order valence-electron chi connectivity index (χ4n) is 4.63. The molecular weight excluding hydrogens is 454 g/mol. The van der Waals surface area contributed by atoms with Gasteiger partial charge in [0.15, 0.2) is 0 Å². The molecule has 186 valence electrons. The number of rotatable bonds is 8. The summed E-state index contributed by atoms with van der Waals surface area (Å²) in [4.78, 5) is 35.4. The van der Waals surface area contributed by atoms with Crippen LogP contribution in [0, 0.1) is 19.8 Å². The molecule has 0 bridgehead atoms. The molecule has 0 spiro atoms. The molecule has 2 N–H and O–H groups in total. The van der Waals surface area contributed by atoms with E-state index >= 15 is 0 Å². The van der Waals surface area contributed by atoms with Gasteiger partial charge < -0.3 is 5.32 Å². The number of anilines is 1. The molecule has 2 amide bonds. The Hall–Kier alpha value is -4.14. The lowest BCUT2D eigenvalue weighted by atomic mass is 9.85. The molecule has 1 fully saturated rings. The minimum absolute atomic E-state index is 0.0860. The van der Waals surface area contributed by atoms with Gasteiger partial charge in [-0.3, -0.25) is 19.7 Å². The van der Waals surface area contributed by atoms with E-state index in [1.807, 2.05) is 19.9 Å². The van der Waals surface area contributed by atoms with Gasteiger partial charge in [-0.1, -0.05) is 31.4 Å². The van der Waals surface area contributed by atoms with E-state index in [1.165, 1.54) is 10.9 Å². The predicted octanol–water partition coefficient (Wildman–Crippen LogP) is 5.00. The monoisotopic (exact) mass is 485 g/mol. The summed E-state index contributed by atoms with van der Waals surface area (Å²) < 4.78 is 1.50. The third-order valence-corrected chi connectivity index (χ3v) is 6.51. The molecule has 3 aromatic heterocycles. The molecule has 0 radical (unpaired) electrons. The quantitative estimate of drug-likeness (QED) is 0.344. The van der Waals surface area contributed by atoms with Crippen LogP contribution in [-0.2, 0) is 4.79 Å². The molecule has 3 heterocycles. The van der Waals surface area contributed by atoms with Crippen LogP contribution in [-0.4, -0.2) is 42.5 Å². The van der Waals surface area contributed by atoms with Crippen molar-refractivity contribution in [3.8, 4) is 11.3 Å². The van der Waals surface area contributed by atoms with E-state index < -0.39 is 11.8 Å². The Morgan fingerprint density at radius 1 is 1.17 bits per heavy atom. The van der Waals surface area contributed by atoms with Crippen LogP contribution in [0.5, 0.6) is 0 Å². The summed E-state index contributed by atoms with van der Waals surface area (Å²) in [7, 11) is 0. The highest BCUT2D eigenvalue weighted by atomic mass is 16.2. The van der Waals surface area contributed by atoms with Gasteiger partial charge in [0, 0.05) is 23.4 Å². The first-order valence-corrected chi connectivity index (χ1v) is 12.1. The maximum Gasteiger partial charge on any atom is 0.295 e. The fraction of sp³-hybridized carbons (Fsp3) is 0.333. The van der Waals surface area contributed by atoms with Gasteiger partial charge in [0.05, 0.1) is 29.3 Å². The van der Waals surface area contributed by atoms with E-state index in [4.69, 9.17) is 0 Å². The second-order valence-electron chi connectivity index (χ2n) is 8.96. The molecule has 1 aliphatic carbocycles. The minimum atomic E-state index is -0.517. The predicted molar refractivity (Wildman–Crippen MR) is 140 cm³/mol. The molecule has 9 nitrogen and oxygen atoms in total. The van der Waals surface area contributed by atoms with E-state index in [1.54, 1.807) is 30.5 Å². The van der Waals surface area contributed by atoms with Crippen molar-refractivity contribution in [1.82, 2.24) is 25.0 Å². The molecule has 1 saturated carbocycles. The van der Waals surface area contributed by atoms with Crippen LogP contribution in [0.2, 0.25) is 0 Å². The van der Waals surface area contributed by atoms with Crippen molar-refractivity contribution in [1.29, 1.82) is 0 Å². The van der Waals surface area contributed by atoms with Crippen LogP contribution in [0.3, 0.4) is 0 Å². The molecule has 0 unspecified atom stereocenters. The number of aromatic amines is 1. The van der Waals surface area contributed by atoms with E-state index in [0.29, 0.717) is 5.69 Å². The van der Waals surface area contributed by atoms with Gasteiger partial charge in [-0.2, -0.15) is 10.2 Å². The van der Waals surface area contributed by atoms with Crippen LogP contribution in [0.15, 0.2) is 60.9 Å². The smallest absolute Gasteiger partial charge is 0.295 e. The first-order chi connectivity index (χ1) is 17.4. The summed E-state index contributed by atoms with van der Waals surface area (Å²) in [5.41, 5.74) is 4.54. The summed E-state index contributed by atoms with van der Waals surface area (Å²) in [6, 6.07) is 4.87. The average molecular weight is 486 g/mol. The van der Waals surface area contributed by atoms with Crippen molar-refractivity contribution in [2.45, 2.75) is 52.0 Å². The Bertz CT molecular complexity index is 1270. The van der Waals surface area contributed by atoms with E-state index in [0.717, 1.165) is 54.7 Å². The molecule has 3 aromatic rings. The molecule has 4 rings (SSSR count). The number of allylic oxidation sites excluding steroid dienone is 2. The largest absolute Gasteiger partial charge is 0.320 e. The van der Waals surface area contributed by atoms with Crippen LogP contribution >= 0.6 is 0 Å². The number of carbonyl (C=O) groups excluding carboxylic acids is 2. The lowest BCUT2D eigenvalue weighted by Gasteiger charge is -2.22. The molecule has 0 saturated heterocycles. The fourth-order valence-corrected chi connectivity index (χ4v) is 4.63. The molecule has 0 aliphatic heterocycles. The van der Waals surface area contributed by atoms with Crippen molar-refractivity contribution < 1.29 is 9.59 Å². The maximum absolute atomic E-state index is 13.4. The van der Waals surface area contributed by atoms with Crippen molar-refractivity contribution in [2.24, 2.45) is 10.9 Å². The van der Waals surface area contributed by atoms with E-state index in [9.17, 15) is 9.59 Å². The van der Waals surface area contributed by atoms with E-state index in [2.05, 4.69) is 43.7 Å². The first-order valence-electron chi connectivity index (χ1n) is 12.1. The summed E-state index contributed by atoms with van der Waals surface area (Å²) in [6.07, 6.45) is 11.2. The number of amides is 2. The number of aromatic nitrogens is 5. The molecule has 9 heteroatoms. The lowest BCUT2D eigenvalue weighted by molar-refractivity contribution is -0.110. The second kappa shape index (κ2) is 11.1.